The van der Waals surface area contributed by atoms with E-state index in [0.717, 1.165) is 11.1 Å². The summed E-state index contributed by atoms with van der Waals surface area (Å²) < 4.78 is 5.88. The molecule has 0 saturated heterocycles. The van der Waals surface area contributed by atoms with Crippen LogP contribution < -0.4 is 10.1 Å². The standard InChI is InChI=1S/C25H34N2O3/c1-18(2)22-13-9-10-14-23(22)30-17-24(28)27(20(5)25(29)26-19(3)4)16-15-21-11-7-6-8-12-21/h6-14,18-20H,15-17H2,1-5H3,(H,26,29). The molecule has 1 unspecified atom stereocenters. The molecule has 2 aromatic rings. The van der Waals surface area contributed by atoms with Gasteiger partial charge in [0.1, 0.15) is 11.8 Å². The molecule has 2 rings (SSSR count). The van der Waals surface area contributed by atoms with Gasteiger partial charge in [-0.1, -0.05) is 62.4 Å². The lowest BCUT2D eigenvalue weighted by Crippen LogP contribution is -2.51. The van der Waals surface area contributed by atoms with E-state index < -0.39 is 6.04 Å². The van der Waals surface area contributed by atoms with Gasteiger partial charge in [-0.15, -0.1) is 0 Å². The SMILES string of the molecule is CC(C)NC(=O)C(C)N(CCc1ccccc1)C(=O)COc1ccccc1C(C)C. The zero-order valence-corrected chi connectivity index (χ0v) is 18.7. The van der Waals surface area contributed by atoms with Gasteiger partial charge < -0.3 is 15.0 Å². The van der Waals surface area contributed by atoms with Crippen LogP contribution in [0.4, 0.5) is 0 Å². The van der Waals surface area contributed by atoms with Crippen LogP contribution in [0.3, 0.4) is 0 Å². The van der Waals surface area contributed by atoms with Crippen LogP contribution in [-0.2, 0) is 16.0 Å². The van der Waals surface area contributed by atoms with Gasteiger partial charge in [0.25, 0.3) is 5.91 Å². The number of nitrogens with one attached hydrogen (secondary N) is 1. The Morgan fingerprint density at radius 3 is 2.20 bits per heavy atom. The van der Waals surface area contributed by atoms with E-state index >= 15 is 0 Å². The number of carbonyl (C=O) groups is 2. The summed E-state index contributed by atoms with van der Waals surface area (Å²) in [6.45, 7) is 10.1. The monoisotopic (exact) mass is 410 g/mol. The Kier molecular flexibility index (Phi) is 8.90. The van der Waals surface area contributed by atoms with E-state index in [0.29, 0.717) is 24.6 Å². The first-order valence-corrected chi connectivity index (χ1v) is 10.6. The molecule has 2 aromatic carbocycles. The van der Waals surface area contributed by atoms with Crippen LogP contribution in [0.15, 0.2) is 54.6 Å². The van der Waals surface area contributed by atoms with Crippen molar-refractivity contribution in [3.05, 3.63) is 65.7 Å². The molecule has 0 radical (unpaired) electrons. The second-order valence-corrected chi connectivity index (χ2v) is 8.14. The Hall–Kier alpha value is -2.82. The van der Waals surface area contributed by atoms with Gasteiger partial charge in [0.05, 0.1) is 0 Å². The number of ether oxygens (including phenoxy) is 1. The zero-order valence-electron chi connectivity index (χ0n) is 18.7. The molecular formula is C25H34N2O3. The number of hydrogen-bond donors (Lipinski definition) is 1. The molecule has 0 fully saturated rings. The third-order valence-electron chi connectivity index (χ3n) is 4.97. The quantitative estimate of drug-likeness (QED) is 0.639. The summed E-state index contributed by atoms with van der Waals surface area (Å²) in [5.74, 6) is 0.647. The van der Waals surface area contributed by atoms with Crippen LogP contribution in [0.2, 0.25) is 0 Å². The van der Waals surface area contributed by atoms with Gasteiger partial charge in [0, 0.05) is 12.6 Å². The lowest BCUT2D eigenvalue weighted by Gasteiger charge is -2.29. The van der Waals surface area contributed by atoms with Crippen LogP contribution in [0, 0.1) is 0 Å². The molecule has 2 amide bonds. The predicted octanol–water partition coefficient (Wildman–Crippen LogP) is 4.17. The summed E-state index contributed by atoms with van der Waals surface area (Å²) in [4.78, 5) is 27.3. The minimum absolute atomic E-state index is 0.0141. The van der Waals surface area contributed by atoms with E-state index in [4.69, 9.17) is 4.74 Å². The maximum Gasteiger partial charge on any atom is 0.261 e. The number of amides is 2. The Labute approximate surface area is 180 Å². The highest BCUT2D eigenvalue weighted by atomic mass is 16.5. The lowest BCUT2D eigenvalue weighted by atomic mass is 10.0. The normalized spacial score (nSPS) is 12.0. The molecule has 162 valence electrons. The van der Waals surface area contributed by atoms with Gasteiger partial charge in [0.15, 0.2) is 6.61 Å². The minimum Gasteiger partial charge on any atom is -0.483 e. The number of rotatable bonds is 10. The maximum atomic E-state index is 13.1. The first-order chi connectivity index (χ1) is 14.3. The van der Waals surface area contributed by atoms with Gasteiger partial charge in [-0.3, -0.25) is 9.59 Å². The third-order valence-corrected chi connectivity index (χ3v) is 4.97. The van der Waals surface area contributed by atoms with Gasteiger partial charge >= 0.3 is 0 Å². The summed E-state index contributed by atoms with van der Waals surface area (Å²) in [5.41, 5.74) is 2.18. The van der Waals surface area contributed by atoms with Gasteiger partial charge in [0.2, 0.25) is 5.91 Å². The van der Waals surface area contributed by atoms with Crippen molar-refractivity contribution in [1.82, 2.24) is 10.2 Å². The Morgan fingerprint density at radius 2 is 1.57 bits per heavy atom. The van der Waals surface area contributed by atoms with Crippen molar-refractivity contribution in [2.24, 2.45) is 0 Å². The molecule has 1 atom stereocenters. The van der Waals surface area contributed by atoms with Crippen molar-refractivity contribution in [3.63, 3.8) is 0 Å². The zero-order chi connectivity index (χ0) is 22.1. The van der Waals surface area contributed by atoms with Gasteiger partial charge in [-0.25, -0.2) is 0 Å². The molecule has 5 nitrogen and oxygen atoms in total. The summed E-state index contributed by atoms with van der Waals surface area (Å²) in [6.07, 6.45) is 0.675. The smallest absolute Gasteiger partial charge is 0.261 e. The van der Waals surface area contributed by atoms with Crippen molar-refractivity contribution in [3.8, 4) is 5.75 Å². The molecule has 30 heavy (non-hydrogen) atoms. The maximum absolute atomic E-state index is 13.1. The topological polar surface area (TPSA) is 58.6 Å². The average molecular weight is 411 g/mol. The molecule has 0 saturated carbocycles. The summed E-state index contributed by atoms with van der Waals surface area (Å²) in [7, 11) is 0. The highest BCUT2D eigenvalue weighted by Crippen LogP contribution is 2.25. The second kappa shape index (κ2) is 11.4. The Balaban J connectivity index is 2.11. The number of hydrogen-bond acceptors (Lipinski definition) is 3. The van der Waals surface area contributed by atoms with Crippen LogP contribution in [0.1, 0.15) is 51.7 Å². The molecule has 0 heterocycles. The number of nitrogens with zero attached hydrogens (tertiary/aromatic N) is 1. The fraction of sp³-hybridized carbons (Fsp3) is 0.440. The van der Waals surface area contributed by atoms with Crippen molar-refractivity contribution >= 4 is 11.8 Å². The largest absolute Gasteiger partial charge is 0.483 e. The average Bonchev–Trinajstić information content (AvgIpc) is 2.72. The van der Waals surface area contributed by atoms with Crippen molar-refractivity contribution in [1.29, 1.82) is 0 Å². The van der Waals surface area contributed by atoms with Crippen LogP contribution >= 0.6 is 0 Å². The molecule has 0 spiro atoms. The van der Waals surface area contributed by atoms with E-state index in [2.05, 4.69) is 19.2 Å². The summed E-state index contributed by atoms with van der Waals surface area (Å²) in [6, 6.07) is 17.2. The molecule has 5 heteroatoms. The predicted molar refractivity (Wildman–Crippen MR) is 121 cm³/mol. The van der Waals surface area contributed by atoms with E-state index in [9.17, 15) is 9.59 Å². The van der Waals surface area contributed by atoms with E-state index in [1.54, 1.807) is 11.8 Å². The van der Waals surface area contributed by atoms with E-state index in [-0.39, 0.29) is 24.5 Å². The third kappa shape index (κ3) is 6.90. The first-order valence-electron chi connectivity index (χ1n) is 10.6. The van der Waals surface area contributed by atoms with Crippen LogP contribution in [-0.4, -0.2) is 41.9 Å². The minimum atomic E-state index is -0.576. The van der Waals surface area contributed by atoms with Crippen LogP contribution in [0.25, 0.3) is 0 Å². The Morgan fingerprint density at radius 1 is 0.933 bits per heavy atom. The van der Waals surface area contributed by atoms with Crippen LogP contribution in [0.5, 0.6) is 5.75 Å². The van der Waals surface area contributed by atoms with E-state index in [1.165, 1.54) is 0 Å². The van der Waals surface area contributed by atoms with Crippen molar-refractivity contribution < 1.29 is 14.3 Å². The second-order valence-electron chi connectivity index (χ2n) is 8.14. The molecule has 0 aliphatic heterocycles. The number of benzene rings is 2. The molecule has 1 N–H and O–H groups in total. The number of carbonyl (C=O) groups excluding carboxylic acids is 2. The summed E-state index contributed by atoms with van der Waals surface area (Å²) in [5, 5.41) is 2.90. The molecule has 0 aliphatic carbocycles. The molecule has 0 bridgehead atoms. The lowest BCUT2D eigenvalue weighted by molar-refractivity contribution is -0.141. The Bertz CT molecular complexity index is 818. The van der Waals surface area contributed by atoms with Crippen molar-refractivity contribution in [2.45, 2.75) is 59.0 Å². The van der Waals surface area contributed by atoms with Gasteiger partial charge in [-0.05, 0) is 50.3 Å². The van der Waals surface area contributed by atoms with Gasteiger partial charge in [-0.2, -0.15) is 0 Å². The molecule has 0 aromatic heterocycles. The highest BCUT2D eigenvalue weighted by Gasteiger charge is 2.26. The molecule has 0 aliphatic rings. The highest BCUT2D eigenvalue weighted by molar-refractivity contribution is 5.88. The first kappa shape index (κ1) is 23.5. The molecular weight excluding hydrogens is 376 g/mol. The van der Waals surface area contributed by atoms with Crippen molar-refractivity contribution in [2.75, 3.05) is 13.2 Å². The fourth-order valence-electron chi connectivity index (χ4n) is 3.29. The number of para-hydroxylation sites is 1. The summed E-state index contributed by atoms with van der Waals surface area (Å²) >= 11 is 0. The van der Waals surface area contributed by atoms with E-state index in [1.807, 2.05) is 68.4 Å². The fourth-order valence-corrected chi connectivity index (χ4v) is 3.29.